The molecular formula is C17H22N4. The predicted octanol–water partition coefficient (Wildman–Crippen LogP) is 3.62. The summed E-state index contributed by atoms with van der Waals surface area (Å²) in [5.74, 6) is 0.225. The summed E-state index contributed by atoms with van der Waals surface area (Å²) >= 11 is 0. The molecule has 0 bridgehead atoms. The summed E-state index contributed by atoms with van der Waals surface area (Å²) in [7, 11) is 0. The number of nitriles is 1. The van der Waals surface area contributed by atoms with Crippen LogP contribution in [0.1, 0.15) is 63.1 Å². The van der Waals surface area contributed by atoms with Crippen molar-refractivity contribution in [3.63, 3.8) is 0 Å². The van der Waals surface area contributed by atoms with Crippen LogP contribution in [0.3, 0.4) is 0 Å². The molecule has 0 N–H and O–H groups in total. The minimum atomic E-state index is 0.156. The molecule has 0 saturated carbocycles. The van der Waals surface area contributed by atoms with E-state index in [1.54, 1.807) is 0 Å². The molecule has 1 aromatic carbocycles. The number of nitrogens with zero attached hydrogens (tertiary/aromatic N) is 4. The molecule has 0 radical (unpaired) electrons. The van der Waals surface area contributed by atoms with Gasteiger partial charge in [-0.25, -0.2) is 4.68 Å². The minimum absolute atomic E-state index is 0.156. The molecule has 0 amide bonds. The first-order valence-electron chi connectivity index (χ1n) is 7.26. The van der Waals surface area contributed by atoms with Crippen LogP contribution in [0.15, 0.2) is 24.3 Å². The van der Waals surface area contributed by atoms with E-state index in [9.17, 15) is 0 Å². The van der Waals surface area contributed by atoms with Gasteiger partial charge in [-0.15, -0.1) is 5.10 Å². The second-order valence-electron chi connectivity index (χ2n) is 6.69. The van der Waals surface area contributed by atoms with Crippen LogP contribution in [-0.2, 0) is 12.0 Å². The summed E-state index contributed by atoms with van der Waals surface area (Å²) in [5.41, 5.74) is 3.96. The molecule has 4 nitrogen and oxygen atoms in total. The van der Waals surface area contributed by atoms with Gasteiger partial charge in [0.1, 0.15) is 6.07 Å². The van der Waals surface area contributed by atoms with Crippen molar-refractivity contribution in [1.29, 1.82) is 5.26 Å². The van der Waals surface area contributed by atoms with Crippen molar-refractivity contribution in [2.24, 2.45) is 0 Å². The maximum atomic E-state index is 9.11. The number of benzene rings is 1. The van der Waals surface area contributed by atoms with Crippen molar-refractivity contribution in [2.75, 3.05) is 0 Å². The van der Waals surface area contributed by atoms with Crippen molar-refractivity contribution < 1.29 is 0 Å². The normalized spacial score (nSPS) is 11.7. The van der Waals surface area contributed by atoms with E-state index in [-0.39, 0.29) is 11.3 Å². The highest BCUT2D eigenvalue weighted by molar-refractivity contribution is 5.30. The summed E-state index contributed by atoms with van der Waals surface area (Å²) in [6.07, 6.45) is 0. The summed E-state index contributed by atoms with van der Waals surface area (Å²) in [5, 5.41) is 17.2. The van der Waals surface area contributed by atoms with Crippen LogP contribution in [0.5, 0.6) is 0 Å². The van der Waals surface area contributed by atoms with Crippen LogP contribution in [0.25, 0.3) is 0 Å². The van der Waals surface area contributed by atoms with Gasteiger partial charge in [-0.05, 0) is 22.5 Å². The molecule has 21 heavy (non-hydrogen) atoms. The van der Waals surface area contributed by atoms with Crippen LogP contribution >= 0.6 is 0 Å². The fourth-order valence-corrected chi connectivity index (χ4v) is 2.37. The number of rotatable bonds is 3. The third kappa shape index (κ3) is 3.30. The molecule has 0 fully saturated rings. The van der Waals surface area contributed by atoms with Gasteiger partial charge < -0.3 is 0 Å². The third-order valence-corrected chi connectivity index (χ3v) is 3.58. The Morgan fingerprint density at radius 3 is 2.29 bits per heavy atom. The summed E-state index contributed by atoms with van der Waals surface area (Å²) in [6, 6.07) is 10.7. The van der Waals surface area contributed by atoms with Crippen LogP contribution in [0.4, 0.5) is 0 Å². The lowest BCUT2D eigenvalue weighted by Gasteiger charge is -2.19. The Balaban J connectivity index is 2.27. The fourth-order valence-electron chi connectivity index (χ4n) is 2.37. The topological polar surface area (TPSA) is 54.5 Å². The molecule has 2 aromatic rings. The predicted molar refractivity (Wildman–Crippen MR) is 83.1 cm³/mol. The highest BCUT2D eigenvalue weighted by Gasteiger charge is 2.17. The average molecular weight is 282 g/mol. The van der Waals surface area contributed by atoms with E-state index in [1.165, 1.54) is 11.1 Å². The number of hydrogen-bond acceptors (Lipinski definition) is 3. The lowest BCUT2D eigenvalue weighted by atomic mass is 9.87. The summed E-state index contributed by atoms with van der Waals surface area (Å²) in [4.78, 5) is 0. The molecule has 0 aliphatic carbocycles. The monoisotopic (exact) mass is 282 g/mol. The Bertz CT molecular complexity index is 652. The maximum Gasteiger partial charge on any atom is 0.186 e. The Morgan fingerprint density at radius 1 is 1.19 bits per heavy atom. The first-order chi connectivity index (χ1) is 9.82. The van der Waals surface area contributed by atoms with Crippen molar-refractivity contribution in [3.05, 3.63) is 46.8 Å². The zero-order valence-electron chi connectivity index (χ0n) is 13.4. The molecule has 0 saturated heterocycles. The quantitative estimate of drug-likeness (QED) is 0.864. The van der Waals surface area contributed by atoms with Gasteiger partial charge in [0.25, 0.3) is 0 Å². The second-order valence-corrected chi connectivity index (χ2v) is 6.69. The molecule has 0 aliphatic heterocycles. The van der Waals surface area contributed by atoms with Gasteiger partial charge >= 0.3 is 0 Å². The highest BCUT2D eigenvalue weighted by atomic mass is 15.4. The summed E-state index contributed by atoms with van der Waals surface area (Å²) < 4.78 is 1.83. The SMILES string of the molecule is CC(C)c1c(C#N)nnn1Cc1ccc(C(C)(C)C)cc1. The van der Waals surface area contributed by atoms with Crippen molar-refractivity contribution in [1.82, 2.24) is 15.0 Å². The smallest absolute Gasteiger partial charge is 0.186 e. The zero-order chi connectivity index (χ0) is 15.6. The Kier molecular flexibility index (Phi) is 4.13. The van der Waals surface area contributed by atoms with Crippen molar-refractivity contribution in [3.8, 4) is 6.07 Å². The first-order valence-corrected chi connectivity index (χ1v) is 7.26. The molecule has 0 unspecified atom stereocenters. The van der Waals surface area contributed by atoms with E-state index >= 15 is 0 Å². The van der Waals surface area contributed by atoms with E-state index in [2.05, 4.69) is 75.3 Å². The molecule has 1 aromatic heterocycles. The van der Waals surface area contributed by atoms with Crippen LogP contribution in [-0.4, -0.2) is 15.0 Å². The molecule has 4 heteroatoms. The number of hydrogen-bond donors (Lipinski definition) is 0. The van der Waals surface area contributed by atoms with Crippen LogP contribution in [0.2, 0.25) is 0 Å². The molecule has 1 heterocycles. The second kappa shape index (κ2) is 5.69. The van der Waals surface area contributed by atoms with Gasteiger partial charge in [0, 0.05) is 0 Å². The van der Waals surface area contributed by atoms with E-state index in [0.29, 0.717) is 12.2 Å². The van der Waals surface area contributed by atoms with Gasteiger partial charge in [-0.2, -0.15) is 5.26 Å². The highest BCUT2D eigenvalue weighted by Crippen LogP contribution is 2.23. The van der Waals surface area contributed by atoms with Gasteiger partial charge in [0.05, 0.1) is 12.2 Å². The Labute approximate surface area is 126 Å². The van der Waals surface area contributed by atoms with Crippen molar-refractivity contribution in [2.45, 2.75) is 52.5 Å². The van der Waals surface area contributed by atoms with E-state index < -0.39 is 0 Å². The Morgan fingerprint density at radius 2 is 1.81 bits per heavy atom. The largest absolute Gasteiger partial charge is 0.243 e. The molecule has 2 rings (SSSR count). The third-order valence-electron chi connectivity index (χ3n) is 3.58. The standard InChI is InChI=1S/C17H22N4/c1-12(2)16-15(10-18)19-20-21(16)11-13-6-8-14(9-7-13)17(3,4)5/h6-9,12H,11H2,1-5H3. The molecule has 0 spiro atoms. The lowest BCUT2D eigenvalue weighted by molar-refractivity contribution is 0.585. The van der Waals surface area contributed by atoms with E-state index in [1.807, 2.05) is 4.68 Å². The summed E-state index contributed by atoms with van der Waals surface area (Å²) in [6.45, 7) is 11.4. The van der Waals surface area contributed by atoms with Gasteiger partial charge in [-0.1, -0.05) is 64.1 Å². The molecule has 110 valence electrons. The minimum Gasteiger partial charge on any atom is -0.243 e. The van der Waals surface area contributed by atoms with Gasteiger partial charge in [-0.3, -0.25) is 0 Å². The maximum absolute atomic E-state index is 9.11. The lowest BCUT2D eigenvalue weighted by Crippen LogP contribution is -2.12. The Hall–Kier alpha value is -2.15. The molecular weight excluding hydrogens is 260 g/mol. The molecule has 0 atom stereocenters. The van der Waals surface area contributed by atoms with Crippen LogP contribution < -0.4 is 0 Å². The average Bonchev–Trinajstić information content (AvgIpc) is 2.81. The van der Waals surface area contributed by atoms with Gasteiger partial charge in [0.15, 0.2) is 5.69 Å². The van der Waals surface area contributed by atoms with E-state index in [0.717, 1.165) is 5.69 Å². The molecule has 0 aliphatic rings. The van der Waals surface area contributed by atoms with E-state index in [4.69, 9.17) is 5.26 Å². The zero-order valence-corrected chi connectivity index (χ0v) is 13.4. The first kappa shape index (κ1) is 15.2. The van der Waals surface area contributed by atoms with Gasteiger partial charge in [0.2, 0.25) is 0 Å². The van der Waals surface area contributed by atoms with Crippen LogP contribution in [0, 0.1) is 11.3 Å². The fraction of sp³-hybridized carbons (Fsp3) is 0.471. The number of aromatic nitrogens is 3. The van der Waals surface area contributed by atoms with Crippen molar-refractivity contribution >= 4 is 0 Å².